The fourth-order valence-corrected chi connectivity index (χ4v) is 1.78. The van der Waals surface area contributed by atoms with Crippen LogP contribution < -0.4 is 10.1 Å². The Morgan fingerprint density at radius 3 is 2.48 bits per heavy atom. The van der Waals surface area contributed by atoms with Gasteiger partial charge in [-0.05, 0) is 24.3 Å². The largest absolute Gasteiger partial charge is 0.478 e. The Morgan fingerprint density at radius 2 is 1.87 bits per heavy atom. The molecule has 8 heteroatoms. The molecule has 118 valence electrons. The third-order valence-corrected chi connectivity index (χ3v) is 2.82. The van der Waals surface area contributed by atoms with E-state index in [0.29, 0.717) is 5.69 Å². The quantitative estimate of drug-likeness (QED) is 0.623. The maximum Gasteiger partial charge on any atom is 0.335 e. The number of rotatable bonds is 6. The summed E-state index contributed by atoms with van der Waals surface area (Å²) in [5.41, 5.74) is -0.188. The van der Waals surface area contributed by atoms with Crippen molar-refractivity contribution in [3.8, 4) is 5.75 Å². The van der Waals surface area contributed by atoms with Crippen LogP contribution in [0.2, 0.25) is 0 Å². The number of carboxylic acids is 1. The van der Waals surface area contributed by atoms with Crippen molar-refractivity contribution in [3.05, 3.63) is 64.2 Å². The highest BCUT2D eigenvalue weighted by molar-refractivity contribution is 5.92. The van der Waals surface area contributed by atoms with Crippen molar-refractivity contribution in [2.45, 2.75) is 0 Å². The van der Waals surface area contributed by atoms with Crippen LogP contribution >= 0.6 is 0 Å². The van der Waals surface area contributed by atoms with Gasteiger partial charge in [0.15, 0.2) is 12.4 Å². The molecule has 0 spiro atoms. The minimum atomic E-state index is -1.29. The lowest BCUT2D eigenvalue weighted by atomic mass is 10.2. The summed E-state index contributed by atoms with van der Waals surface area (Å²) in [5, 5.41) is 22.4. The zero-order valence-corrected chi connectivity index (χ0v) is 11.8. The van der Waals surface area contributed by atoms with Gasteiger partial charge >= 0.3 is 11.7 Å². The number of amides is 1. The highest BCUT2D eigenvalue weighted by Gasteiger charge is 2.19. The predicted molar refractivity (Wildman–Crippen MR) is 80.6 cm³/mol. The second-order valence-electron chi connectivity index (χ2n) is 4.45. The summed E-state index contributed by atoms with van der Waals surface area (Å²) in [5.74, 6) is -1.96. The average Bonchev–Trinajstić information content (AvgIpc) is 2.53. The molecule has 0 aliphatic heterocycles. The van der Waals surface area contributed by atoms with Gasteiger partial charge in [0.05, 0.1) is 10.5 Å². The second-order valence-corrected chi connectivity index (χ2v) is 4.45. The zero-order valence-electron chi connectivity index (χ0n) is 11.8. The van der Waals surface area contributed by atoms with Crippen molar-refractivity contribution in [2.75, 3.05) is 11.9 Å². The molecule has 0 aromatic heterocycles. The van der Waals surface area contributed by atoms with E-state index in [-0.39, 0.29) is 11.3 Å². The molecule has 0 unspecified atom stereocenters. The molecular formula is C15H12N2O6. The lowest BCUT2D eigenvalue weighted by Crippen LogP contribution is -2.20. The van der Waals surface area contributed by atoms with Crippen LogP contribution in [0.25, 0.3) is 0 Å². The average molecular weight is 316 g/mol. The highest BCUT2D eigenvalue weighted by Crippen LogP contribution is 2.28. The molecule has 0 aliphatic rings. The molecule has 0 fully saturated rings. The van der Waals surface area contributed by atoms with E-state index in [1.54, 1.807) is 30.3 Å². The minimum absolute atomic E-state index is 0.178. The first-order valence-corrected chi connectivity index (χ1v) is 6.47. The van der Waals surface area contributed by atoms with Crippen LogP contribution in [-0.4, -0.2) is 28.5 Å². The number of carbonyl (C=O) groups excluding carboxylic acids is 1. The number of carbonyl (C=O) groups is 2. The van der Waals surface area contributed by atoms with Crippen LogP contribution in [-0.2, 0) is 4.79 Å². The Labute approximate surface area is 130 Å². The van der Waals surface area contributed by atoms with E-state index < -0.39 is 29.1 Å². The maximum absolute atomic E-state index is 11.7. The van der Waals surface area contributed by atoms with Gasteiger partial charge in [0, 0.05) is 11.8 Å². The van der Waals surface area contributed by atoms with Crippen molar-refractivity contribution in [2.24, 2.45) is 0 Å². The van der Waals surface area contributed by atoms with Crippen molar-refractivity contribution in [3.63, 3.8) is 0 Å². The number of benzene rings is 2. The number of nitrogens with one attached hydrogen (secondary N) is 1. The topological polar surface area (TPSA) is 119 Å². The van der Waals surface area contributed by atoms with Crippen LogP contribution in [0.1, 0.15) is 10.4 Å². The molecule has 8 nitrogen and oxygen atoms in total. The number of nitro benzene ring substituents is 1. The second kappa shape index (κ2) is 7.03. The van der Waals surface area contributed by atoms with Crippen molar-refractivity contribution >= 4 is 23.3 Å². The number of carboxylic acid groups (broad SMARTS) is 1. The number of anilines is 1. The molecule has 2 N–H and O–H groups in total. The van der Waals surface area contributed by atoms with Gasteiger partial charge in [0.25, 0.3) is 5.91 Å². The lowest BCUT2D eigenvalue weighted by Gasteiger charge is -2.08. The van der Waals surface area contributed by atoms with Crippen LogP contribution in [0.5, 0.6) is 5.75 Å². The number of ether oxygens (including phenoxy) is 1. The van der Waals surface area contributed by atoms with Crippen molar-refractivity contribution < 1.29 is 24.4 Å². The van der Waals surface area contributed by atoms with Crippen LogP contribution in [0, 0.1) is 10.1 Å². The zero-order chi connectivity index (χ0) is 16.8. The maximum atomic E-state index is 11.7. The van der Waals surface area contributed by atoms with Gasteiger partial charge < -0.3 is 15.2 Å². The Balaban J connectivity index is 2.06. The summed E-state index contributed by atoms with van der Waals surface area (Å²) in [7, 11) is 0. The summed E-state index contributed by atoms with van der Waals surface area (Å²) < 4.78 is 5.12. The number of hydrogen-bond acceptors (Lipinski definition) is 5. The molecule has 0 aliphatic carbocycles. The molecule has 1 amide bonds. The van der Waals surface area contributed by atoms with E-state index in [1.165, 1.54) is 6.07 Å². The molecule has 0 saturated heterocycles. The summed E-state index contributed by atoms with van der Waals surface area (Å²) in [4.78, 5) is 32.8. The van der Waals surface area contributed by atoms with Gasteiger partial charge in [0.2, 0.25) is 0 Å². The third kappa shape index (κ3) is 4.27. The Bertz CT molecular complexity index is 745. The van der Waals surface area contributed by atoms with E-state index in [9.17, 15) is 19.7 Å². The van der Waals surface area contributed by atoms with E-state index in [4.69, 9.17) is 9.84 Å². The Kier molecular flexibility index (Phi) is 4.88. The van der Waals surface area contributed by atoms with Gasteiger partial charge in [-0.3, -0.25) is 14.9 Å². The molecule has 2 aromatic carbocycles. The van der Waals surface area contributed by atoms with Crippen molar-refractivity contribution in [1.82, 2.24) is 0 Å². The van der Waals surface area contributed by atoms with Crippen molar-refractivity contribution in [1.29, 1.82) is 0 Å². The first-order chi connectivity index (χ1) is 11.0. The number of para-hydroxylation sites is 1. The fraction of sp³-hybridized carbons (Fsp3) is 0.0667. The molecule has 2 aromatic rings. The van der Waals surface area contributed by atoms with Gasteiger partial charge in [-0.25, -0.2) is 4.79 Å². The van der Waals surface area contributed by atoms with E-state index in [0.717, 1.165) is 12.1 Å². The molecule has 0 atom stereocenters. The monoisotopic (exact) mass is 316 g/mol. The first kappa shape index (κ1) is 16.0. The van der Waals surface area contributed by atoms with E-state index >= 15 is 0 Å². The smallest absolute Gasteiger partial charge is 0.335 e. The van der Waals surface area contributed by atoms with Crippen LogP contribution in [0.3, 0.4) is 0 Å². The molecule has 0 bridgehead atoms. The SMILES string of the molecule is O=C(COc1ccc(C(=O)O)cc1[N+](=O)[O-])Nc1ccccc1. The van der Waals surface area contributed by atoms with Gasteiger partial charge in [-0.2, -0.15) is 0 Å². The lowest BCUT2D eigenvalue weighted by molar-refractivity contribution is -0.385. The van der Waals surface area contributed by atoms with E-state index in [1.807, 2.05) is 0 Å². The fourth-order valence-electron chi connectivity index (χ4n) is 1.78. The van der Waals surface area contributed by atoms with E-state index in [2.05, 4.69) is 5.32 Å². The standard InChI is InChI=1S/C15H12N2O6/c18-14(16-11-4-2-1-3-5-11)9-23-13-7-6-10(15(19)20)8-12(13)17(21)22/h1-8H,9H2,(H,16,18)(H,19,20). The molecule has 23 heavy (non-hydrogen) atoms. The van der Waals surface area contributed by atoms with Gasteiger partial charge in [-0.1, -0.05) is 18.2 Å². The Morgan fingerprint density at radius 1 is 1.17 bits per heavy atom. The summed E-state index contributed by atoms with van der Waals surface area (Å²) in [6.07, 6.45) is 0. The third-order valence-electron chi connectivity index (χ3n) is 2.82. The molecule has 2 rings (SSSR count). The first-order valence-electron chi connectivity index (χ1n) is 6.47. The number of aromatic carboxylic acids is 1. The number of nitro groups is 1. The van der Waals surface area contributed by atoms with Crippen LogP contribution in [0.15, 0.2) is 48.5 Å². The molecule has 0 radical (unpaired) electrons. The normalized spacial score (nSPS) is 9.91. The molecular weight excluding hydrogens is 304 g/mol. The van der Waals surface area contributed by atoms with Gasteiger partial charge in [0.1, 0.15) is 0 Å². The molecule has 0 heterocycles. The number of nitrogens with zero attached hydrogens (tertiary/aromatic N) is 1. The summed E-state index contributed by atoms with van der Waals surface area (Å²) in [6, 6.07) is 11.8. The van der Waals surface area contributed by atoms with Gasteiger partial charge in [-0.15, -0.1) is 0 Å². The summed E-state index contributed by atoms with van der Waals surface area (Å²) in [6.45, 7) is -0.442. The minimum Gasteiger partial charge on any atom is -0.478 e. The highest BCUT2D eigenvalue weighted by atomic mass is 16.6. The Hall–Kier alpha value is -3.42. The number of hydrogen-bond donors (Lipinski definition) is 2. The molecule has 0 saturated carbocycles. The summed E-state index contributed by atoms with van der Waals surface area (Å²) >= 11 is 0. The predicted octanol–water partition coefficient (Wildman–Crippen LogP) is 2.31. The van der Waals surface area contributed by atoms with Crippen LogP contribution in [0.4, 0.5) is 11.4 Å².